The van der Waals surface area contributed by atoms with Gasteiger partial charge in [0.25, 0.3) is 0 Å². The molecule has 0 aromatic heterocycles. The number of nitrogens with zero attached hydrogens (tertiary/aromatic N) is 1. The summed E-state index contributed by atoms with van der Waals surface area (Å²) in [6.07, 6.45) is 0.630. The van der Waals surface area contributed by atoms with E-state index >= 15 is 0 Å². The standard InChI is InChI=1S/C10H22N2O2/c1-5-10(4,14)8-11-9(13)12(6-2)7-3/h14H,5-8H2,1-4H3,(H,11,13). The Morgan fingerprint density at radius 1 is 1.36 bits per heavy atom. The number of urea groups is 1. The van der Waals surface area contributed by atoms with Crippen molar-refractivity contribution >= 4 is 6.03 Å². The monoisotopic (exact) mass is 202 g/mol. The van der Waals surface area contributed by atoms with Crippen molar-refractivity contribution in [1.29, 1.82) is 0 Å². The number of carbonyl (C=O) groups excluding carboxylic acids is 1. The van der Waals surface area contributed by atoms with Crippen LogP contribution in [0.5, 0.6) is 0 Å². The number of rotatable bonds is 5. The van der Waals surface area contributed by atoms with Crippen molar-refractivity contribution in [3.63, 3.8) is 0 Å². The molecule has 2 N–H and O–H groups in total. The Bertz CT molecular complexity index is 177. The van der Waals surface area contributed by atoms with E-state index in [-0.39, 0.29) is 6.03 Å². The first-order valence-electron chi connectivity index (χ1n) is 5.22. The molecule has 0 radical (unpaired) electrons. The molecule has 0 spiro atoms. The molecule has 4 heteroatoms. The lowest BCUT2D eigenvalue weighted by atomic mass is 10.0. The molecule has 0 rings (SSSR count). The number of hydrogen-bond donors (Lipinski definition) is 2. The summed E-state index contributed by atoms with van der Waals surface area (Å²) >= 11 is 0. The van der Waals surface area contributed by atoms with Crippen molar-refractivity contribution in [3.05, 3.63) is 0 Å². The van der Waals surface area contributed by atoms with Gasteiger partial charge in [0.15, 0.2) is 0 Å². The summed E-state index contributed by atoms with van der Waals surface area (Å²) < 4.78 is 0. The van der Waals surface area contributed by atoms with Crippen molar-refractivity contribution in [2.24, 2.45) is 0 Å². The number of carbonyl (C=O) groups is 1. The van der Waals surface area contributed by atoms with Crippen molar-refractivity contribution in [3.8, 4) is 0 Å². The fraction of sp³-hybridized carbons (Fsp3) is 0.900. The smallest absolute Gasteiger partial charge is 0.317 e. The van der Waals surface area contributed by atoms with Gasteiger partial charge in [-0.3, -0.25) is 0 Å². The van der Waals surface area contributed by atoms with Crippen LogP contribution in [0.2, 0.25) is 0 Å². The van der Waals surface area contributed by atoms with Gasteiger partial charge in [-0.25, -0.2) is 4.79 Å². The minimum atomic E-state index is -0.803. The Kier molecular flexibility index (Phi) is 5.53. The third-order valence-electron chi connectivity index (χ3n) is 2.43. The lowest BCUT2D eigenvalue weighted by Gasteiger charge is -2.25. The Morgan fingerprint density at radius 2 is 1.86 bits per heavy atom. The molecule has 1 atom stereocenters. The van der Waals surface area contributed by atoms with Crippen LogP contribution >= 0.6 is 0 Å². The van der Waals surface area contributed by atoms with Gasteiger partial charge in [0.1, 0.15) is 0 Å². The molecular weight excluding hydrogens is 180 g/mol. The average Bonchev–Trinajstić information content (AvgIpc) is 2.17. The molecule has 0 fully saturated rings. The molecule has 0 aliphatic heterocycles. The average molecular weight is 202 g/mol. The van der Waals surface area contributed by atoms with E-state index in [1.807, 2.05) is 20.8 Å². The van der Waals surface area contributed by atoms with Gasteiger partial charge in [-0.15, -0.1) is 0 Å². The zero-order valence-electron chi connectivity index (χ0n) is 9.63. The van der Waals surface area contributed by atoms with Gasteiger partial charge in [0.2, 0.25) is 0 Å². The highest BCUT2D eigenvalue weighted by Crippen LogP contribution is 2.06. The first-order valence-corrected chi connectivity index (χ1v) is 5.22. The van der Waals surface area contributed by atoms with E-state index in [9.17, 15) is 9.90 Å². The summed E-state index contributed by atoms with van der Waals surface area (Å²) in [5.41, 5.74) is -0.803. The molecule has 0 aliphatic rings. The normalized spacial score (nSPS) is 14.6. The minimum absolute atomic E-state index is 0.108. The molecule has 0 saturated heterocycles. The van der Waals surface area contributed by atoms with E-state index in [1.165, 1.54) is 0 Å². The van der Waals surface area contributed by atoms with Crippen molar-refractivity contribution in [2.45, 2.75) is 39.7 Å². The van der Waals surface area contributed by atoms with E-state index in [4.69, 9.17) is 0 Å². The van der Waals surface area contributed by atoms with Crippen LogP contribution in [-0.4, -0.2) is 41.3 Å². The topological polar surface area (TPSA) is 52.6 Å². The molecule has 0 heterocycles. The summed E-state index contributed by atoms with van der Waals surface area (Å²) in [7, 11) is 0. The number of aliphatic hydroxyl groups is 1. The van der Waals surface area contributed by atoms with Gasteiger partial charge in [0, 0.05) is 19.6 Å². The molecular formula is C10H22N2O2. The van der Waals surface area contributed by atoms with Crippen molar-refractivity contribution in [2.75, 3.05) is 19.6 Å². The maximum atomic E-state index is 11.5. The van der Waals surface area contributed by atoms with Crippen LogP contribution in [0.15, 0.2) is 0 Å². The zero-order chi connectivity index (χ0) is 11.2. The van der Waals surface area contributed by atoms with Crippen LogP contribution in [0.1, 0.15) is 34.1 Å². The predicted molar refractivity (Wildman–Crippen MR) is 57.2 cm³/mol. The first kappa shape index (κ1) is 13.2. The Hall–Kier alpha value is -0.770. The van der Waals surface area contributed by atoms with Crippen LogP contribution < -0.4 is 5.32 Å². The van der Waals surface area contributed by atoms with Crippen LogP contribution in [-0.2, 0) is 0 Å². The largest absolute Gasteiger partial charge is 0.388 e. The first-order chi connectivity index (χ1) is 6.46. The maximum Gasteiger partial charge on any atom is 0.317 e. The molecule has 0 aliphatic carbocycles. The molecule has 1 unspecified atom stereocenters. The Balaban J connectivity index is 3.95. The number of hydrogen-bond acceptors (Lipinski definition) is 2. The van der Waals surface area contributed by atoms with Crippen LogP contribution in [0.25, 0.3) is 0 Å². The van der Waals surface area contributed by atoms with Crippen molar-refractivity contribution < 1.29 is 9.90 Å². The van der Waals surface area contributed by atoms with E-state index < -0.39 is 5.60 Å². The zero-order valence-corrected chi connectivity index (χ0v) is 9.63. The molecule has 0 bridgehead atoms. The second kappa shape index (κ2) is 5.86. The highest BCUT2D eigenvalue weighted by atomic mass is 16.3. The predicted octanol–water partition coefficient (Wildman–Crippen LogP) is 1.20. The third-order valence-corrected chi connectivity index (χ3v) is 2.43. The SMILES string of the molecule is CCN(CC)C(=O)NCC(C)(O)CC. The van der Waals surface area contributed by atoms with Crippen LogP contribution in [0.3, 0.4) is 0 Å². The maximum absolute atomic E-state index is 11.5. The van der Waals surface area contributed by atoms with Gasteiger partial charge < -0.3 is 15.3 Å². The van der Waals surface area contributed by atoms with Crippen molar-refractivity contribution in [1.82, 2.24) is 10.2 Å². The highest BCUT2D eigenvalue weighted by Gasteiger charge is 2.19. The van der Waals surface area contributed by atoms with E-state index in [0.717, 1.165) is 0 Å². The molecule has 4 nitrogen and oxygen atoms in total. The quantitative estimate of drug-likeness (QED) is 0.704. The van der Waals surface area contributed by atoms with Gasteiger partial charge in [-0.2, -0.15) is 0 Å². The second-order valence-corrected chi connectivity index (χ2v) is 3.68. The second-order valence-electron chi connectivity index (χ2n) is 3.68. The highest BCUT2D eigenvalue weighted by molar-refractivity contribution is 5.74. The summed E-state index contributed by atoms with van der Waals surface area (Å²) in [4.78, 5) is 13.2. The van der Waals surface area contributed by atoms with Gasteiger partial charge in [-0.1, -0.05) is 6.92 Å². The summed E-state index contributed by atoms with van der Waals surface area (Å²) in [5, 5.41) is 12.4. The van der Waals surface area contributed by atoms with Crippen LogP contribution in [0.4, 0.5) is 4.79 Å². The van der Waals surface area contributed by atoms with Gasteiger partial charge in [-0.05, 0) is 27.2 Å². The van der Waals surface area contributed by atoms with E-state index in [2.05, 4.69) is 5.32 Å². The molecule has 84 valence electrons. The van der Waals surface area contributed by atoms with Gasteiger partial charge in [0.05, 0.1) is 5.60 Å². The van der Waals surface area contributed by atoms with E-state index in [1.54, 1.807) is 11.8 Å². The Labute approximate surface area is 86.3 Å². The lowest BCUT2D eigenvalue weighted by molar-refractivity contribution is 0.0565. The summed E-state index contributed by atoms with van der Waals surface area (Å²) in [6, 6.07) is -0.108. The molecule has 2 amide bonds. The number of nitrogens with one attached hydrogen (secondary N) is 1. The summed E-state index contributed by atoms with van der Waals surface area (Å²) in [6.45, 7) is 9.16. The van der Waals surface area contributed by atoms with E-state index in [0.29, 0.717) is 26.1 Å². The molecule has 0 aromatic rings. The summed E-state index contributed by atoms with van der Waals surface area (Å²) in [5.74, 6) is 0. The fourth-order valence-corrected chi connectivity index (χ4v) is 1.01. The fourth-order valence-electron chi connectivity index (χ4n) is 1.01. The molecule has 0 saturated carbocycles. The number of amides is 2. The Morgan fingerprint density at radius 3 is 2.21 bits per heavy atom. The molecule has 14 heavy (non-hydrogen) atoms. The van der Waals surface area contributed by atoms with Gasteiger partial charge >= 0.3 is 6.03 Å². The molecule has 0 aromatic carbocycles. The lowest BCUT2D eigenvalue weighted by Crippen LogP contribution is -2.46. The van der Waals surface area contributed by atoms with Crippen LogP contribution in [0, 0.1) is 0 Å². The third kappa shape index (κ3) is 4.46. The minimum Gasteiger partial charge on any atom is -0.388 e.